The van der Waals surface area contributed by atoms with Gasteiger partial charge in [-0.05, 0) is 46.3 Å². The van der Waals surface area contributed by atoms with Gasteiger partial charge < -0.3 is 10.4 Å². The molecule has 0 saturated heterocycles. The van der Waals surface area contributed by atoms with Gasteiger partial charge in [0.25, 0.3) is 5.91 Å². The van der Waals surface area contributed by atoms with E-state index in [0.29, 0.717) is 25.2 Å². The zero-order valence-corrected chi connectivity index (χ0v) is 15.4. The van der Waals surface area contributed by atoms with Crippen molar-refractivity contribution in [2.45, 2.75) is 0 Å². The molecule has 0 aliphatic rings. The molecule has 1 amide bonds. The number of hydrogen-bond donors (Lipinski definition) is 2. The third-order valence-electron chi connectivity index (χ3n) is 2.84. The van der Waals surface area contributed by atoms with E-state index in [-0.39, 0.29) is 11.3 Å². The number of benzene rings is 2. The number of nitrogens with one attached hydrogen (secondary N) is 1. The van der Waals surface area contributed by atoms with Gasteiger partial charge in [0.05, 0.1) is 15.2 Å². The molecule has 0 atom stereocenters. The third kappa shape index (κ3) is 4.35. The van der Waals surface area contributed by atoms with Crippen LogP contribution in [0.4, 0.5) is 5.69 Å². The van der Waals surface area contributed by atoms with Gasteiger partial charge in [0.2, 0.25) is 0 Å². The summed E-state index contributed by atoms with van der Waals surface area (Å²) in [6, 6.07) is 11.8. The summed E-state index contributed by atoms with van der Waals surface area (Å²) < 4.78 is 1.14. The molecule has 0 heterocycles. The number of carbonyl (C=O) groups excluding carboxylic acids is 1. The summed E-state index contributed by atoms with van der Waals surface area (Å²) in [6.45, 7) is 0. The summed E-state index contributed by atoms with van der Waals surface area (Å²) in [5.41, 5.74) is 0.572. The van der Waals surface area contributed by atoms with Crippen LogP contribution in [0.3, 0.4) is 0 Å². The van der Waals surface area contributed by atoms with E-state index in [1.807, 2.05) is 6.07 Å². The molecule has 0 unspecified atom stereocenters. The molecule has 2 rings (SSSR count). The Morgan fingerprint density at radius 3 is 2.65 bits per heavy atom. The van der Waals surface area contributed by atoms with Crippen molar-refractivity contribution in [2.75, 3.05) is 5.32 Å². The molecule has 2 N–H and O–H groups in total. The Balaban J connectivity index is 2.35. The molecule has 7 heteroatoms. The predicted octanol–water partition coefficient (Wildman–Crippen LogP) is 5.12. The SMILES string of the molecule is N#C/C(=C\c1cc(Br)cc(Br)c1O)C(=O)Nc1ccccc1Cl. The van der Waals surface area contributed by atoms with Gasteiger partial charge in [-0.1, -0.05) is 39.7 Å². The molecule has 0 aromatic heterocycles. The largest absolute Gasteiger partial charge is 0.506 e. The summed E-state index contributed by atoms with van der Waals surface area (Å²) in [7, 11) is 0. The van der Waals surface area contributed by atoms with Crippen LogP contribution in [-0.2, 0) is 4.79 Å². The standard InChI is InChI=1S/C16H9Br2ClN2O2/c17-11-6-9(15(22)12(18)7-11)5-10(8-20)16(23)21-14-4-2-1-3-13(14)19/h1-7,22H,(H,21,23)/b10-5+. The van der Waals surface area contributed by atoms with Crippen LogP contribution in [0.1, 0.15) is 5.56 Å². The fourth-order valence-electron chi connectivity index (χ4n) is 1.75. The monoisotopic (exact) mass is 454 g/mol. The van der Waals surface area contributed by atoms with Crippen molar-refractivity contribution in [3.8, 4) is 11.8 Å². The number of hydrogen-bond acceptors (Lipinski definition) is 3. The molecule has 0 bridgehead atoms. The number of aromatic hydroxyl groups is 1. The number of para-hydroxylation sites is 1. The van der Waals surface area contributed by atoms with Crippen LogP contribution in [0, 0.1) is 11.3 Å². The van der Waals surface area contributed by atoms with E-state index in [0.717, 1.165) is 0 Å². The molecular weight excluding hydrogens is 447 g/mol. The number of phenols is 1. The number of halogens is 3. The fourth-order valence-corrected chi connectivity index (χ4v) is 3.19. The highest BCUT2D eigenvalue weighted by Gasteiger charge is 2.13. The topological polar surface area (TPSA) is 73.1 Å². The lowest BCUT2D eigenvalue weighted by Gasteiger charge is -2.07. The Morgan fingerprint density at radius 2 is 2.00 bits per heavy atom. The average molecular weight is 457 g/mol. The summed E-state index contributed by atoms with van der Waals surface area (Å²) in [6.07, 6.45) is 1.30. The highest BCUT2D eigenvalue weighted by Crippen LogP contribution is 2.33. The summed E-state index contributed by atoms with van der Waals surface area (Å²) in [5, 5.41) is 22.2. The third-order valence-corrected chi connectivity index (χ3v) is 4.24. The molecule has 0 aliphatic carbocycles. The van der Waals surface area contributed by atoms with Crippen molar-refractivity contribution in [3.05, 3.63) is 61.5 Å². The maximum atomic E-state index is 12.2. The lowest BCUT2D eigenvalue weighted by atomic mass is 10.1. The lowest BCUT2D eigenvalue weighted by molar-refractivity contribution is -0.112. The van der Waals surface area contributed by atoms with Crippen molar-refractivity contribution >= 4 is 61.1 Å². The molecule has 0 aliphatic heterocycles. The van der Waals surface area contributed by atoms with Gasteiger partial charge >= 0.3 is 0 Å². The molecule has 4 nitrogen and oxygen atoms in total. The molecule has 2 aromatic rings. The van der Waals surface area contributed by atoms with Gasteiger partial charge in [-0.15, -0.1) is 0 Å². The number of rotatable bonds is 3. The molecule has 0 spiro atoms. The minimum absolute atomic E-state index is 0.0634. The maximum absolute atomic E-state index is 12.2. The summed E-state index contributed by atoms with van der Waals surface area (Å²) in [4.78, 5) is 12.2. The van der Waals surface area contributed by atoms with Crippen LogP contribution in [0.2, 0.25) is 5.02 Å². The van der Waals surface area contributed by atoms with E-state index < -0.39 is 5.91 Å². The Morgan fingerprint density at radius 1 is 1.30 bits per heavy atom. The first kappa shape index (κ1) is 17.5. The minimum Gasteiger partial charge on any atom is -0.506 e. The van der Waals surface area contributed by atoms with E-state index >= 15 is 0 Å². The van der Waals surface area contributed by atoms with E-state index in [1.54, 1.807) is 36.4 Å². The summed E-state index contributed by atoms with van der Waals surface area (Å²) in [5.74, 6) is -0.678. The first-order chi connectivity index (χ1) is 10.9. The first-order valence-electron chi connectivity index (χ1n) is 6.28. The van der Waals surface area contributed by atoms with E-state index in [9.17, 15) is 15.2 Å². The Kier molecular flexibility index (Phi) is 5.83. The molecule has 23 heavy (non-hydrogen) atoms. The van der Waals surface area contributed by atoms with Crippen molar-refractivity contribution < 1.29 is 9.90 Å². The van der Waals surface area contributed by atoms with Gasteiger partial charge in [0, 0.05) is 10.0 Å². The molecule has 0 fully saturated rings. The molecule has 2 aromatic carbocycles. The van der Waals surface area contributed by atoms with Gasteiger partial charge in [-0.25, -0.2) is 0 Å². The van der Waals surface area contributed by atoms with Crippen molar-refractivity contribution in [1.82, 2.24) is 0 Å². The Labute approximate surface area is 154 Å². The van der Waals surface area contributed by atoms with Gasteiger partial charge in [-0.3, -0.25) is 4.79 Å². The second-order valence-electron chi connectivity index (χ2n) is 4.43. The van der Waals surface area contributed by atoms with Gasteiger partial charge in [-0.2, -0.15) is 5.26 Å². The minimum atomic E-state index is -0.615. The van der Waals surface area contributed by atoms with E-state index in [4.69, 9.17) is 11.6 Å². The van der Waals surface area contributed by atoms with Crippen LogP contribution >= 0.6 is 43.5 Å². The highest BCUT2D eigenvalue weighted by molar-refractivity contribution is 9.11. The number of anilines is 1. The van der Waals surface area contributed by atoms with Crippen molar-refractivity contribution in [3.63, 3.8) is 0 Å². The highest BCUT2D eigenvalue weighted by atomic mass is 79.9. The van der Waals surface area contributed by atoms with Crippen LogP contribution in [0.25, 0.3) is 6.08 Å². The number of nitrogens with zero attached hydrogens (tertiary/aromatic N) is 1. The average Bonchev–Trinajstić information content (AvgIpc) is 2.51. The van der Waals surface area contributed by atoms with Crippen LogP contribution in [0.15, 0.2) is 50.9 Å². The predicted molar refractivity (Wildman–Crippen MR) is 97.2 cm³/mol. The van der Waals surface area contributed by atoms with Crippen LogP contribution in [-0.4, -0.2) is 11.0 Å². The Hall–Kier alpha value is -1.81. The molecule has 0 radical (unpaired) electrons. The zero-order valence-electron chi connectivity index (χ0n) is 11.5. The summed E-state index contributed by atoms with van der Waals surface area (Å²) >= 11 is 12.5. The smallest absolute Gasteiger partial charge is 0.266 e. The quantitative estimate of drug-likeness (QED) is 0.498. The number of carbonyl (C=O) groups is 1. The molecule has 116 valence electrons. The second kappa shape index (κ2) is 7.64. The maximum Gasteiger partial charge on any atom is 0.266 e. The number of phenolic OH excluding ortho intramolecular Hbond substituents is 1. The van der Waals surface area contributed by atoms with Crippen LogP contribution < -0.4 is 5.32 Å². The zero-order chi connectivity index (χ0) is 17.0. The lowest BCUT2D eigenvalue weighted by Crippen LogP contribution is -2.13. The van der Waals surface area contributed by atoms with Crippen LogP contribution in [0.5, 0.6) is 5.75 Å². The van der Waals surface area contributed by atoms with E-state index in [2.05, 4.69) is 37.2 Å². The normalized spacial score (nSPS) is 11.0. The number of amides is 1. The Bertz CT molecular complexity index is 844. The molecular formula is C16H9Br2ClN2O2. The fraction of sp³-hybridized carbons (Fsp3) is 0. The first-order valence-corrected chi connectivity index (χ1v) is 8.24. The van der Waals surface area contributed by atoms with Crippen molar-refractivity contribution in [1.29, 1.82) is 5.26 Å². The second-order valence-corrected chi connectivity index (χ2v) is 6.61. The van der Waals surface area contributed by atoms with Gasteiger partial charge in [0.1, 0.15) is 17.4 Å². The van der Waals surface area contributed by atoms with Crippen molar-refractivity contribution in [2.24, 2.45) is 0 Å². The number of nitriles is 1. The van der Waals surface area contributed by atoms with E-state index in [1.165, 1.54) is 6.08 Å². The molecule has 0 saturated carbocycles. The van der Waals surface area contributed by atoms with Gasteiger partial charge in [0.15, 0.2) is 0 Å².